The zero-order chi connectivity index (χ0) is 19.9. The number of sulfonamides is 1. The molecule has 3 aromatic carbocycles. The average Bonchev–Trinajstić information content (AvgIpc) is 2.65. The van der Waals surface area contributed by atoms with Gasteiger partial charge in [0.05, 0.1) is 18.9 Å². The van der Waals surface area contributed by atoms with Crippen molar-refractivity contribution >= 4 is 15.7 Å². The highest BCUT2D eigenvalue weighted by molar-refractivity contribution is 7.92. The summed E-state index contributed by atoms with van der Waals surface area (Å²) in [5.41, 5.74) is 3.37. The first-order valence-corrected chi connectivity index (χ1v) is 10.5. The van der Waals surface area contributed by atoms with Crippen molar-refractivity contribution in [2.45, 2.75) is 6.10 Å². The highest BCUT2D eigenvalue weighted by Gasteiger charge is 2.30. The molecule has 3 aromatic rings. The summed E-state index contributed by atoms with van der Waals surface area (Å²) in [4.78, 5) is 0. The first-order valence-electron chi connectivity index (χ1n) is 8.57. The van der Waals surface area contributed by atoms with E-state index < -0.39 is 16.1 Å². The van der Waals surface area contributed by atoms with Crippen LogP contribution in [0.1, 0.15) is 17.2 Å². The fourth-order valence-electron chi connectivity index (χ4n) is 3.44. The molecule has 4 rings (SSSR count). The van der Waals surface area contributed by atoms with Gasteiger partial charge in [0, 0.05) is 11.3 Å². The maximum absolute atomic E-state index is 13.8. The Morgan fingerprint density at radius 2 is 1.86 bits per heavy atom. The normalized spacial score (nSPS) is 15.2. The summed E-state index contributed by atoms with van der Waals surface area (Å²) in [5, 5.41) is 0. The van der Waals surface area contributed by atoms with Gasteiger partial charge in [-0.2, -0.15) is 0 Å². The molecule has 7 heteroatoms. The van der Waals surface area contributed by atoms with E-state index in [1.807, 2.05) is 24.3 Å². The number of rotatable bonds is 4. The summed E-state index contributed by atoms with van der Waals surface area (Å²) in [7, 11) is -1.86. The Morgan fingerprint density at radius 1 is 1.07 bits per heavy atom. The minimum atomic E-state index is -3.44. The first kappa shape index (κ1) is 18.3. The molecule has 1 aliphatic heterocycles. The van der Waals surface area contributed by atoms with Crippen LogP contribution in [0.15, 0.2) is 60.7 Å². The number of halogens is 1. The second-order valence-electron chi connectivity index (χ2n) is 6.56. The summed E-state index contributed by atoms with van der Waals surface area (Å²) in [6.45, 7) is 0. The molecular weight excluding hydrogens is 381 g/mol. The third kappa shape index (κ3) is 3.41. The summed E-state index contributed by atoms with van der Waals surface area (Å²) in [6.07, 6.45) is 0.498. The lowest BCUT2D eigenvalue weighted by Crippen LogP contribution is -2.17. The second-order valence-corrected chi connectivity index (χ2v) is 8.31. The van der Waals surface area contributed by atoms with Crippen LogP contribution in [0.3, 0.4) is 0 Å². The molecule has 0 aromatic heterocycles. The minimum Gasteiger partial charge on any atom is -0.496 e. The number of methoxy groups -OCH3 is 1. The van der Waals surface area contributed by atoms with Crippen LogP contribution in [0.25, 0.3) is 11.1 Å². The van der Waals surface area contributed by atoms with E-state index in [9.17, 15) is 12.8 Å². The van der Waals surface area contributed by atoms with Crippen LogP contribution in [0.4, 0.5) is 10.1 Å². The number of hydrogen-bond acceptors (Lipinski definition) is 4. The van der Waals surface area contributed by atoms with Crippen molar-refractivity contribution in [1.29, 1.82) is 0 Å². The van der Waals surface area contributed by atoms with Crippen molar-refractivity contribution in [3.8, 4) is 22.6 Å². The molecule has 1 atom stereocenters. The molecule has 0 bridgehead atoms. The Hall–Kier alpha value is -3.06. The zero-order valence-electron chi connectivity index (χ0n) is 15.3. The predicted octanol–water partition coefficient (Wildman–Crippen LogP) is 4.35. The second kappa shape index (κ2) is 6.83. The molecule has 0 spiro atoms. The molecule has 1 aliphatic rings. The van der Waals surface area contributed by atoms with E-state index in [1.54, 1.807) is 31.4 Å². The van der Waals surface area contributed by atoms with Gasteiger partial charge in [-0.25, -0.2) is 12.8 Å². The fourth-order valence-corrected chi connectivity index (χ4v) is 3.99. The predicted molar refractivity (Wildman–Crippen MR) is 106 cm³/mol. The van der Waals surface area contributed by atoms with E-state index in [0.29, 0.717) is 22.7 Å². The van der Waals surface area contributed by atoms with E-state index in [1.165, 1.54) is 12.1 Å². The number of fused-ring (bicyclic) bond motifs is 3. The summed E-state index contributed by atoms with van der Waals surface area (Å²) in [5.74, 6) is 0.884. The Kier molecular flexibility index (Phi) is 4.47. The lowest BCUT2D eigenvalue weighted by atomic mass is 9.89. The Labute approximate surface area is 162 Å². The summed E-state index contributed by atoms with van der Waals surface area (Å²) in [6, 6.07) is 16.9. The van der Waals surface area contributed by atoms with Gasteiger partial charge in [-0.05, 0) is 47.5 Å². The number of nitrogens with one attached hydrogen (secondary N) is 1. The van der Waals surface area contributed by atoms with Gasteiger partial charge >= 0.3 is 0 Å². The molecule has 1 unspecified atom stereocenters. The van der Waals surface area contributed by atoms with Crippen LogP contribution in [0, 0.1) is 5.82 Å². The van der Waals surface area contributed by atoms with Gasteiger partial charge in [-0.1, -0.05) is 24.3 Å². The van der Waals surface area contributed by atoms with Gasteiger partial charge in [0.2, 0.25) is 10.0 Å². The lowest BCUT2D eigenvalue weighted by molar-refractivity contribution is 0.241. The molecule has 0 fully saturated rings. The summed E-state index contributed by atoms with van der Waals surface area (Å²) < 4.78 is 51.3. The highest BCUT2D eigenvalue weighted by atomic mass is 32.2. The standard InChI is InChI=1S/C21H18FNO4S/c1-26-18-7-4-8-19-20(18)16-10-9-15(23-28(2,24)25)12-17(16)21(27-19)13-5-3-6-14(22)11-13/h3-12,21,23H,1-2H3. The molecule has 0 aliphatic carbocycles. The molecule has 0 saturated carbocycles. The third-order valence-corrected chi connectivity index (χ3v) is 5.12. The minimum absolute atomic E-state index is 0.371. The Balaban J connectivity index is 1.93. The van der Waals surface area contributed by atoms with Crippen LogP contribution in [-0.4, -0.2) is 21.8 Å². The van der Waals surface area contributed by atoms with Crippen molar-refractivity contribution in [2.24, 2.45) is 0 Å². The van der Waals surface area contributed by atoms with Crippen molar-refractivity contribution in [2.75, 3.05) is 18.1 Å². The lowest BCUT2D eigenvalue weighted by Gasteiger charge is -2.30. The number of hydrogen-bond donors (Lipinski definition) is 1. The van der Waals surface area contributed by atoms with E-state index >= 15 is 0 Å². The van der Waals surface area contributed by atoms with Crippen molar-refractivity contribution in [1.82, 2.24) is 0 Å². The van der Waals surface area contributed by atoms with Crippen molar-refractivity contribution in [3.63, 3.8) is 0 Å². The largest absolute Gasteiger partial charge is 0.496 e. The molecule has 144 valence electrons. The maximum atomic E-state index is 13.8. The van der Waals surface area contributed by atoms with Crippen LogP contribution in [0.5, 0.6) is 11.5 Å². The quantitative estimate of drug-likeness (QED) is 0.708. The zero-order valence-corrected chi connectivity index (χ0v) is 16.1. The third-order valence-electron chi connectivity index (χ3n) is 4.51. The van der Waals surface area contributed by atoms with E-state index in [4.69, 9.17) is 9.47 Å². The van der Waals surface area contributed by atoms with Crippen LogP contribution in [-0.2, 0) is 10.0 Å². The van der Waals surface area contributed by atoms with E-state index in [-0.39, 0.29) is 5.82 Å². The Bertz CT molecular complexity index is 1160. The van der Waals surface area contributed by atoms with Gasteiger partial charge in [-0.3, -0.25) is 4.72 Å². The fraction of sp³-hybridized carbons (Fsp3) is 0.143. The van der Waals surface area contributed by atoms with Gasteiger partial charge in [0.25, 0.3) is 0 Å². The van der Waals surface area contributed by atoms with Crippen LogP contribution < -0.4 is 14.2 Å². The highest BCUT2D eigenvalue weighted by Crippen LogP contribution is 2.49. The number of ether oxygens (including phenoxy) is 2. The molecular formula is C21H18FNO4S. The van der Waals surface area contributed by atoms with Crippen LogP contribution >= 0.6 is 0 Å². The topological polar surface area (TPSA) is 64.6 Å². The number of benzene rings is 3. The number of anilines is 1. The average molecular weight is 399 g/mol. The smallest absolute Gasteiger partial charge is 0.229 e. The van der Waals surface area contributed by atoms with Gasteiger partial charge in [-0.15, -0.1) is 0 Å². The van der Waals surface area contributed by atoms with E-state index in [2.05, 4.69) is 4.72 Å². The van der Waals surface area contributed by atoms with Crippen molar-refractivity contribution in [3.05, 3.63) is 77.6 Å². The molecule has 1 N–H and O–H groups in total. The molecule has 0 amide bonds. The van der Waals surface area contributed by atoms with Gasteiger partial charge < -0.3 is 9.47 Å². The molecule has 0 saturated heterocycles. The Morgan fingerprint density at radius 3 is 2.57 bits per heavy atom. The summed E-state index contributed by atoms with van der Waals surface area (Å²) >= 11 is 0. The van der Waals surface area contributed by atoms with Crippen LogP contribution in [0.2, 0.25) is 0 Å². The molecule has 5 nitrogen and oxygen atoms in total. The van der Waals surface area contributed by atoms with Crippen molar-refractivity contribution < 1.29 is 22.3 Å². The van der Waals surface area contributed by atoms with Gasteiger partial charge in [0.15, 0.2) is 0 Å². The molecule has 1 heterocycles. The van der Waals surface area contributed by atoms with Gasteiger partial charge in [0.1, 0.15) is 23.4 Å². The first-order chi connectivity index (χ1) is 13.4. The molecule has 0 radical (unpaired) electrons. The molecule has 28 heavy (non-hydrogen) atoms. The monoisotopic (exact) mass is 399 g/mol. The SMILES string of the molecule is COc1cccc2c1-c1ccc(NS(C)(=O)=O)cc1C(c1cccc(F)c1)O2. The maximum Gasteiger partial charge on any atom is 0.229 e. The van der Waals surface area contributed by atoms with E-state index in [0.717, 1.165) is 22.9 Å².